The zero-order chi connectivity index (χ0) is 26.1. The third-order valence-corrected chi connectivity index (χ3v) is 6.85. The van der Waals surface area contributed by atoms with Crippen molar-refractivity contribution in [1.82, 2.24) is 19.3 Å². The van der Waals surface area contributed by atoms with Gasteiger partial charge in [-0.3, -0.25) is 23.4 Å². The van der Waals surface area contributed by atoms with Gasteiger partial charge in [0.1, 0.15) is 17.9 Å². The van der Waals surface area contributed by atoms with Gasteiger partial charge in [0, 0.05) is 29.4 Å². The minimum Gasteiger partial charge on any atom is -0.480 e. The Kier molecular flexibility index (Phi) is 6.71. The van der Waals surface area contributed by atoms with E-state index in [1.54, 1.807) is 18.3 Å². The SMILES string of the molecule is C[C@H](NC(=O)[C@@H]1CCCN1c1cc(=O)n2cc(-c3ccc(Cl)cc3)nc2n1Cc1ccccc1)C(=O)O. The molecule has 2 aromatic heterocycles. The van der Waals surface area contributed by atoms with E-state index in [9.17, 15) is 19.5 Å². The number of halogens is 1. The molecule has 10 heteroatoms. The van der Waals surface area contributed by atoms with Crippen LogP contribution in [0.4, 0.5) is 5.82 Å². The first-order chi connectivity index (χ1) is 17.8. The summed E-state index contributed by atoms with van der Waals surface area (Å²) < 4.78 is 3.44. The molecular weight excluding hydrogens is 494 g/mol. The van der Waals surface area contributed by atoms with Crippen molar-refractivity contribution in [2.45, 2.75) is 38.4 Å². The van der Waals surface area contributed by atoms with Crippen LogP contribution in [-0.2, 0) is 16.1 Å². The highest BCUT2D eigenvalue weighted by Crippen LogP contribution is 2.28. The standard InChI is InChI=1S/C27H26ClN5O4/c1-17(26(36)37)29-25(35)22-8-5-13-31(22)23-14-24(34)33-16-21(19-9-11-20(28)12-10-19)30-27(33)32(23)15-18-6-3-2-4-7-18/h2-4,6-7,9-12,14,16-17,22H,5,8,13,15H2,1H3,(H,29,35)(H,36,37)/t17-,22-/m0/s1. The summed E-state index contributed by atoms with van der Waals surface area (Å²) in [6.07, 6.45) is 2.98. The number of anilines is 1. The van der Waals surface area contributed by atoms with E-state index in [1.807, 2.05) is 51.9 Å². The molecule has 2 N–H and O–H groups in total. The van der Waals surface area contributed by atoms with Crippen molar-refractivity contribution < 1.29 is 14.7 Å². The molecule has 37 heavy (non-hydrogen) atoms. The molecule has 9 nitrogen and oxygen atoms in total. The third kappa shape index (κ3) is 4.95. The predicted octanol–water partition coefficient (Wildman–Crippen LogP) is 3.42. The molecule has 5 rings (SSSR count). The second-order valence-corrected chi connectivity index (χ2v) is 9.57. The van der Waals surface area contributed by atoms with Crippen LogP contribution in [0.25, 0.3) is 17.0 Å². The fourth-order valence-electron chi connectivity index (χ4n) is 4.68. The number of fused-ring (bicyclic) bond motifs is 1. The second kappa shape index (κ2) is 10.1. The smallest absolute Gasteiger partial charge is 0.325 e. The molecule has 1 saturated heterocycles. The molecule has 4 aromatic rings. The summed E-state index contributed by atoms with van der Waals surface area (Å²) in [7, 11) is 0. The first-order valence-corrected chi connectivity index (χ1v) is 12.4. The van der Waals surface area contributed by atoms with Gasteiger partial charge in [0.25, 0.3) is 5.56 Å². The van der Waals surface area contributed by atoms with Gasteiger partial charge in [0.2, 0.25) is 11.7 Å². The number of aliphatic carboxylic acids is 1. The molecule has 0 spiro atoms. The highest BCUT2D eigenvalue weighted by molar-refractivity contribution is 6.30. The molecule has 0 radical (unpaired) electrons. The lowest BCUT2D eigenvalue weighted by atomic mass is 10.2. The number of aromatic nitrogens is 3. The van der Waals surface area contributed by atoms with Crippen molar-refractivity contribution in [3.63, 3.8) is 0 Å². The summed E-state index contributed by atoms with van der Waals surface area (Å²) in [5.41, 5.74) is 2.18. The molecule has 1 fully saturated rings. The number of rotatable bonds is 7. The maximum atomic E-state index is 13.3. The fraction of sp³-hybridized carbons (Fsp3) is 0.259. The lowest BCUT2D eigenvalue weighted by molar-refractivity contribution is -0.141. The molecule has 0 saturated carbocycles. The number of nitrogens with one attached hydrogen (secondary N) is 1. The average Bonchev–Trinajstić information content (AvgIpc) is 3.55. The van der Waals surface area contributed by atoms with Gasteiger partial charge in [0.05, 0.1) is 12.2 Å². The molecule has 0 unspecified atom stereocenters. The van der Waals surface area contributed by atoms with Gasteiger partial charge < -0.3 is 15.3 Å². The molecule has 1 aliphatic heterocycles. The highest BCUT2D eigenvalue weighted by atomic mass is 35.5. The van der Waals surface area contributed by atoms with Crippen LogP contribution in [0.2, 0.25) is 5.02 Å². The van der Waals surface area contributed by atoms with Crippen molar-refractivity contribution in [2.75, 3.05) is 11.4 Å². The molecule has 2 atom stereocenters. The van der Waals surface area contributed by atoms with E-state index in [4.69, 9.17) is 16.6 Å². The Bertz CT molecular complexity index is 1510. The zero-order valence-corrected chi connectivity index (χ0v) is 20.9. The van der Waals surface area contributed by atoms with Crippen molar-refractivity contribution in [2.24, 2.45) is 0 Å². The molecule has 1 amide bonds. The van der Waals surface area contributed by atoms with Crippen LogP contribution in [0.1, 0.15) is 25.3 Å². The quantitative estimate of drug-likeness (QED) is 0.387. The van der Waals surface area contributed by atoms with E-state index in [0.717, 1.165) is 17.5 Å². The maximum absolute atomic E-state index is 13.3. The van der Waals surface area contributed by atoms with E-state index >= 15 is 0 Å². The lowest BCUT2D eigenvalue weighted by Crippen LogP contribution is -2.49. The predicted molar refractivity (Wildman–Crippen MR) is 141 cm³/mol. The van der Waals surface area contributed by atoms with E-state index in [-0.39, 0.29) is 11.5 Å². The summed E-state index contributed by atoms with van der Waals surface area (Å²) in [6, 6.07) is 16.9. The topological polar surface area (TPSA) is 109 Å². The van der Waals surface area contributed by atoms with Gasteiger partial charge in [-0.15, -0.1) is 0 Å². The van der Waals surface area contributed by atoms with Gasteiger partial charge >= 0.3 is 5.97 Å². The van der Waals surface area contributed by atoms with Crippen molar-refractivity contribution in [1.29, 1.82) is 0 Å². The number of carboxylic acid groups (broad SMARTS) is 1. The average molecular weight is 520 g/mol. The van der Waals surface area contributed by atoms with E-state index in [2.05, 4.69) is 5.32 Å². The zero-order valence-electron chi connectivity index (χ0n) is 20.2. The van der Waals surface area contributed by atoms with Crippen molar-refractivity contribution >= 4 is 35.1 Å². The van der Waals surface area contributed by atoms with Crippen molar-refractivity contribution in [3.05, 3.63) is 87.8 Å². The van der Waals surface area contributed by atoms with E-state index < -0.39 is 18.1 Å². The van der Waals surface area contributed by atoms with Crippen molar-refractivity contribution in [3.8, 4) is 11.3 Å². The fourth-order valence-corrected chi connectivity index (χ4v) is 4.81. The molecule has 0 bridgehead atoms. The number of amides is 1. The molecule has 1 aliphatic rings. The van der Waals surface area contributed by atoms with Crippen LogP contribution in [0.3, 0.4) is 0 Å². The van der Waals surface area contributed by atoms with Crippen LogP contribution >= 0.6 is 11.6 Å². The van der Waals surface area contributed by atoms with Gasteiger partial charge in [0.15, 0.2) is 0 Å². The summed E-state index contributed by atoms with van der Waals surface area (Å²) in [6.45, 7) is 2.40. The van der Waals surface area contributed by atoms with Gasteiger partial charge in [-0.25, -0.2) is 4.98 Å². The maximum Gasteiger partial charge on any atom is 0.325 e. The Hall–Kier alpha value is -4.11. The van der Waals surface area contributed by atoms with Crippen LogP contribution in [0.15, 0.2) is 71.7 Å². The van der Waals surface area contributed by atoms with Crippen LogP contribution in [0, 0.1) is 0 Å². The summed E-state index contributed by atoms with van der Waals surface area (Å²) in [5.74, 6) is -0.472. The number of carbonyl (C=O) groups excluding carboxylic acids is 1. The van der Waals surface area contributed by atoms with Crippen LogP contribution in [0.5, 0.6) is 0 Å². The largest absolute Gasteiger partial charge is 0.480 e. The van der Waals surface area contributed by atoms with Gasteiger partial charge in [-0.05, 0) is 37.5 Å². The number of benzene rings is 2. The Labute approximate surface area is 217 Å². The lowest BCUT2D eigenvalue weighted by Gasteiger charge is -2.29. The monoisotopic (exact) mass is 519 g/mol. The first-order valence-electron chi connectivity index (χ1n) is 12.0. The third-order valence-electron chi connectivity index (χ3n) is 6.60. The summed E-state index contributed by atoms with van der Waals surface area (Å²) in [4.78, 5) is 44.3. The Morgan fingerprint density at radius 3 is 2.59 bits per heavy atom. The Morgan fingerprint density at radius 2 is 1.89 bits per heavy atom. The molecular formula is C27H26ClN5O4. The minimum atomic E-state index is -1.10. The van der Waals surface area contributed by atoms with E-state index in [1.165, 1.54) is 17.4 Å². The second-order valence-electron chi connectivity index (χ2n) is 9.14. The minimum absolute atomic E-state index is 0.271. The van der Waals surface area contributed by atoms with Gasteiger partial charge in [-0.1, -0.05) is 54.1 Å². The number of nitrogens with zero attached hydrogens (tertiary/aromatic N) is 4. The number of hydrogen-bond donors (Lipinski definition) is 2. The summed E-state index contributed by atoms with van der Waals surface area (Å²) >= 11 is 6.05. The first kappa shape index (κ1) is 24.6. The highest BCUT2D eigenvalue weighted by Gasteiger charge is 2.34. The molecule has 2 aromatic carbocycles. The number of carbonyl (C=O) groups is 2. The van der Waals surface area contributed by atoms with Gasteiger partial charge in [-0.2, -0.15) is 0 Å². The Morgan fingerprint density at radius 1 is 1.16 bits per heavy atom. The van der Waals surface area contributed by atoms with Crippen LogP contribution < -0.4 is 15.8 Å². The number of hydrogen-bond acceptors (Lipinski definition) is 5. The Balaban J connectivity index is 1.63. The number of imidazole rings is 1. The molecule has 3 heterocycles. The summed E-state index contributed by atoms with van der Waals surface area (Å²) in [5, 5.41) is 12.4. The molecule has 0 aliphatic carbocycles. The van der Waals surface area contributed by atoms with E-state index in [0.29, 0.717) is 41.8 Å². The van der Waals surface area contributed by atoms with Crippen LogP contribution in [-0.4, -0.2) is 49.6 Å². The normalized spacial score (nSPS) is 16.2. The number of carboxylic acids is 1. The molecule has 190 valence electrons.